The third-order valence-corrected chi connectivity index (χ3v) is 3.58. The quantitative estimate of drug-likeness (QED) is 0.741. The van der Waals surface area contributed by atoms with Crippen LogP contribution in [-0.4, -0.2) is 5.97 Å². The predicted octanol–water partition coefficient (Wildman–Crippen LogP) is 4.34. The molecular weight excluding hydrogens is 224 g/mol. The van der Waals surface area contributed by atoms with E-state index in [1.807, 2.05) is 33.8 Å². The second-order valence-electron chi connectivity index (χ2n) is 5.65. The molecule has 18 heavy (non-hydrogen) atoms. The first kappa shape index (κ1) is 14.7. The molecule has 0 aliphatic heterocycles. The maximum absolute atomic E-state index is 12.0. The van der Waals surface area contributed by atoms with Crippen molar-refractivity contribution in [3.8, 4) is 0 Å². The van der Waals surface area contributed by atoms with Gasteiger partial charge in [-0.1, -0.05) is 30.7 Å². The van der Waals surface area contributed by atoms with E-state index < -0.39 is 5.41 Å². The van der Waals surface area contributed by atoms with Crippen molar-refractivity contribution in [2.45, 2.75) is 54.1 Å². The Balaban J connectivity index is 2.83. The summed E-state index contributed by atoms with van der Waals surface area (Å²) in [6, 6.07) is 6.21. The van der Waals surface area contributed by atoms with Crippen LogP contribution in [0.3, 0.4) is 0 Å². The van der Waals surface area contributed by atoms with Crippen LogP contribution in [0.5, 0.6) is 0 Å². The molecule has 0 saturated heterocycles. The van der Waals surface area contributed by atoms with Crippen LogP contribution in [-0.2, 0) is 9.53 Å². The molecule has 0 aliphatic carbocycles. The molecule has 1 atom stereocenters. The molecule has 0 heterocycles. The molecule has 2 heteroatoms. The zero-order valence-corrected chi connectivity index (χ0v) is 12.3. The molecule has 0 spiro atoms. The second kappa shape index (κ2) is 5.55. The van der Waals surface area contributed by atoms with Gasteiger partial charge >= 0.3 is 5.97 Å². The normalized spacial score (nSPS) is 13.2. The van der Waals surface area contributed by atoms with Crippen molar-refractivity contribution in [1.29, 1.82) is 0 Å². The lowest BCUT2D eigenvalue weighted by Gasteiger charge is -2.24. The molecule has 0 saturated carbocycles. The van der Waals surface area contributed by atoms with Crippen molar-refractivity contribution in [3.05, 3.63) is 34.9 Å². The average molecular weight is 248 g/mol. The van der Waals surface area contributed by atoms with Gasteiger partial charge in [0, 0.05) is 0 Å². The zero-order chi connectivity index (χ0) is 13.9. The van der Waals surface area contributed by atoms with Crippen molar-refractivity contribution in [3.63, 3.8) is 0 Å². The molecule has 1 aromatic rings. The van der Waals surface area contributed by atoms with Gasteiger partial charge in [0.25, 0.3) is 0 Å². The van der Waals surface area contributed by atoms with Gasteiger partial charge in [-0.25, -0.2) is 0 Å². The number of ether oxygens (including phenoxy) is 1. The Labute approximate surface area is 110 Å². The molecular formula is C16H24O2. The summed E-state index contributed by atoms with van der Waals surface area (Å²) >= 11 is 0. The van der Waals surface area contributed by atoms with E-state index in [4.69, 9.17) is 4.74 Å². The van der Waals surface area contributed by atoms with E-state index in [2.05, 4.69) is 26.0 Å². The molecule has 1 unspecified atom stereocenters. The average Bonchev–Trinajstić information content (AvgIpc) is 2.28. The standard InChI is InChI=1S/C16H24O2/c1-7-16(5,6)15(17)18-13(4)14-9-8-11(2)10-12(14)3/h8-10,13H,7H2,1-6H3. The maximum Gasteiger partial charge on any atom is 0.312 e. The summed E-state index contributed by atoms with van der Waals surface area (Å²) in [4.78, 5) is 12.0. The summed E-state index contributed by atoms with van der Waals surface area (Å²) in [5.74, 6) is -0.127. The minimum absolute atomic E-state index is 0.127. The Morgan fingerprint density at radius 3 is 2.44 bits per heavy atom. The van der Waals surface area contributed by atoms with E-state index in [1.165, 1.54) is 11.1 Å². The fraction of sp³-hybridized carbons (Fsp3) is 0.562. The SMILES string of the molecule is CCC(C)(C)C(=O)OC(C)c1ccc(C)cc1C. The number of rotatable bonds is 4. The van der Waals surface area contributed by atoms with E-state index in [-0.39, 0.29) is 12.1 Å². The molecule has 0 amide bonds. The van der Waals surface area contributed by atoms with Crippen molar-refractivity contribution in [1.82, 2.24) is 0 Å². The van der Waals surface area contributed by atoms with Gasteiger partial charge in [-0.3, -0.25) is 4.79 Å². The number of esters is 1. The maximum atomic E-state index is 12.0. The van der Waals surface area contributed by atoms with E-state index >= 15 is 0 Å². The van der Waals surface area contributed by atoms with Gasteiger partial charge in [-0.05, 0) is 52.2 Å². The van der Waals surface area contributed by atoms with Gasteiger partial charge in [-0.15, -0.1) is 0 Å². The topological polar surface area (TPSA) is 26.3 Å². The first-order valence-corrected chi connectivity index (χ1v) is 6.56. The monoisotopic (exact) mass is 248 g/mol. The largest absolute Gasteiger partial charge is 0.457 e. The Bertz CT molecular complexity index is 433. The number of aryl methyl sites for hydroxylation is 2. The summed E-state index contributed by atoms with van der Waals surface area (Å²) < 4.78 is 5.57. The van der Waals surface area contributed by atoms with Crippen LogP contribution >= 0.6 is 0 Å². The first-order chi connectivity index (χ1) is 8.27. The molecule has 0 bridgehead atoms. The molecule has 0 radical (unpaired) electrons. The summed E-state index contributed by atoms with van der Waals surface area (Å²) in [6.45, 7) is 11.9. The summed E-state index contributed by atoms with van der Waals surface area (Å²) in [6.07, 6.45) is 0.592. The summed E-state index contributed by atoms with van der Waals surface area (Å²) in [7, 11) is 0. The van der Waals surface area contributed by atoms with E-state index in [0.717, 1.165) is 12.0 Å². The summed E-state index contributed by atoms with van der Waals surface area (Å²) in [5.41, 5.74) is 3.07. The molecule has 100 valence electrons. The van der Waals surface area contributed by atoms with Gasteiger partial charge in [0.1, 0.15) is 6.10 Å². The molecule has 1 aromatic carbocycles. The number of hydrogen-bond donors (Lipinski definition) is 0. The minimum atomic E-state index is -0.410. The predicted molar refractivity (Wildman–Crippen MR) is 74.5 cm³/mol. The number of carbonyl (C=O) groups excluding carboxylic acids is 1. The van der Waals surface area contributed by atoms with Crippen LogP contribution < -0.4 is 0 Å². The Kier molecular flexibility index (Phi) is 4.55. The van der Waals surface area contributed by atoms with Crippen LogP contribution in [0.4, 0.5) is 0 Å². The number of benzene rings is 1. The highest BCUT2D eigenvalue weighted by Gasteiger charge is 2.29. The third-order valence-electron chi connectivity index (χ3n) is 3.58. The third kappa shape index (κ3) is 3.34. The highest BCUT2D eigenvalue weighted by atomic mass is 16.5. The van der Waals surface area contributed by atoms with Gasteiger partial charge in [-0.2, -0.15) is 0 Å². The van der Waals surface area contributed by atoms with E-state index in [0.29, 0.717) is 0 Å². The van der Waals surface area contributed by atoms with Crippen molar-refractivity contribution < 1.29 is 9.53 Å². The lowest BCUT2D eigenvalue weighted by molar-refractivity contribution is -0.159. The van der Waals surface area contributed by atoms with E-state index in [1.54, 1.807) is 0 Å². The van der Waals surface area contributed by atoms with Gasteiger partial charge in [0.05, 0.1) is 5.41 Å². The fourth-order valence-electron chi connectivity index (χ4n) is 1.81. The molecule has 0 fully saturated rings. The van der Waals surface area contributed by atoms with Crippen LogP contribution in [0.25, 0.3) is 0 Å². The lowest BCUT2D eigenvalue weighted by Crippen LogP contribution is -2.26. The van der Waals surface area contributed by atoms with Gasteiger partial charge in [0.15, 0.2) is 0 Å². The molecule has 1 rings (SSSR count). The summed E-state index contributed by atoms with van der Waals surface area (Å²) in [5, 5.41) is 0. The molecule has 0 aliphatic rings. The van der Waals surface area contributed by atoms with Crippen LogP contribution in [0, 0.1) is 19.3 Å². The highest BCUT2D eigenvalue weighted by molar-refractivity contribution is 5.76. The minimum Gasteiger partial charge on any atom is -0.457 e. The zero-order valence-electron chi connectivity index (χ0n) is 12.3. The van der Waals surface area contributed by atoms with Crippen molar-refractivity contribution >= 4 is 5.97 Å². The smallest absolute Gasteiger partial charge is 0.312 e. The fourth-order valence-corrected chi connectivity index (χ4v) is 1.81. The molecule has 0 aromatic heterocycles. The van der Waals surface area contributed by atoms with Crippen LogP contribution in [0.1, 0.15) is 56.9 Å². The van der Waals surface area contributed by atoms with Crippen molar-refractivity contribution in [2.75, 3.05) is 0 Å². The Hall–Kier alpha value is -1.31. The lowest BCUT2D eigenvalue weighted by atomic mass is 9.90. The van der Waals surface area contributed by atoms with Gasteiger partial charge in [0.2, 0.25) is 0 Å². The highest BCUT2D eigenvalue weighted by Crippen LogP contribution is 2.27. The van der Waals surface area contributed by atoms with Gasteiger partial charge < -0.3 is 4.74 Å². The van der Waals surface area contributed by atoms with Crippen LogP contribution in [0.2, 0.25) is 0 Å². The van der Waals surface area contributed by atoms with Crippen molar-refractivity contribution in [2.24, 2.45) is 5.41 Å². The number of hydrogen-bond acceptors (Lipinski definition) is 2. The molecule has 0 N–H and O–H groups in total. The Morgan fingerprint density at radius 2 is 1.94 bits per heavy atom. The molecule has 2 nitrogen and oxygen atoms in total. The number of carbonyl (C=O) groups is 1. The van der Waals surface area contributed by atoms with E-state index in [9.17, 15) is 4.79 Å². The Morgan fingerprint density at radius 1 is 1.33 bits per heavy atom. The van der Waals surface area contributed by atoms with Crippen LogP contribution in [0.15, 0.2) is 18.2 Å². The second-order valence-corrected chi connectivity index (χ2v) is 5.65. The first-order valence-electron chi connectivity index (χ1n) is 6.56.